The molecule has 5 aliphatic rings. The fourth-order valence-corrected chi connectivity index (χ4v) is 12.4. The van der Waals surface area contributed by atoms with Crippen molar-refractivity contribution >= 4 is 142 Å². The van der Waals surface area contributed by atoms with Gasteiger partial charge in [0.1, 0.15) is 22.4 Å². The van der Waals surface area contributed by atoms with Gasteiger partial charge >= 0.3 is 44.0 Å². The van der Waals surface area contributed by atoms with Gasteiger partial charge in [0.05, 0.1) is 58.7 Å². The predicted molar refractivity (Wildman–Crippen MR) is 573 cm³/mol. The first-order valence-corrected chi connectivity index (χ1v) is 54.9. The number of ether oxygens (including phenoxy) is 4. The van der Waals surface area contributed by atoms with Crippen LogP contribution in [0.25, 0.3) is 0 Å². The molecule has 0 aliphatic carbocycles. The quantitative estimate of drug-likeness (QED) is 0.0723. The van der Waals surface area contributed by atoms with Gasteiger partial charge in [-0.25, -0.2) is 19.2 Å². The second kappa shape index (κ2) is 78.0. The van der Waals surface area contributed by atoms with E-state index in [4.69, 9.17) is 18.9 Å². The average molecular weight is 2330 g/mol. The molecule has 0 spiro atoms. The Morgan fingerprint density at radius 3 is 0.750 bits per heavy atom. The molecule has 136 heavy (non-hydrogen) atoms. The smallest absolute Gasteiger partial charge is 0.444 e. The van der Waals surface area contributed by atoms with Crippen molar-refractivity contribution in [1.82, 2.24) is 60.1 Å². The van der Waals surface area contributed by atoms with E-state index in [-0.39, 0.29) is 25.3 Å². The van der Waals surface area contributed by atoms with Gasteiger partial charge in [0.2, 0.25) is 0 Å². The van der Waals surface area contributed by atoms with E-state index in [1.807, 2.05) is 256 Å². The zero-order valence-corrected chi connectivity index (χ0v) is 97.9. The summed E-state index contributed by atoms with van der Waals surface area (Å²) in [6.45, 7) is 81.9. The Hall–Kier alpha value is -6.66. The summed E-state index contributed by atoms with van der Waals surface area (Å²) in [6.07, 6.45) is 9.12. The largest absolute Gasteiger partial charge is 1.00 e. The van der Waals surface area contributed by atoms with E-state index in [1.165, 1.54) is 37.6 Å². The van der Waals surface area contributed by atoms with Crippen LogP contribution in [0.15, 0.2) is 129 Å². The number of carbonyl (C=O) groups is 4. The maximum atomic E-state index is 12.7. The lowest BCUT2D eigenvalue weighted by Gasteiger charge is -2.36. The van der Waals surface area contributed by atoms with Crippen molar-refractivity contribution in [1.29, 1.82) is 0 Å². The van der Waals surface area contributed by atoms with Crippen molar-refractivity contribution in [2.75, 3.05) is 150 Å². The van der Waals surface area contributed by atoms with Gasteiger partial charge in [0, 0.05) is 202 Å². The zero-order valence-electron chi connectivity index (χ0n) is 89.4. The van der Waals surface area contributed by atoms with E-state index in [0.717, 1.165) is 123 Å². The van der Waals surface area contributed by atoms with Gasteiger partial charge in [-0.15, -0.1) is 0 Å². The number of carbonyl (C=O) groups excluding carboxylic acids is 4. The summed E-state index contributed by atoms with van der Waals surface area (Å²) in [5.41, 5.74) is 1.01. The Bertz CT molecular complexity index is 3830. The molecule has 0 saturated carbocycles. The van der Waals surface area contributed by atoms with Gasteiger partial charge in [0.25, 0.3) is 0 Å². The lowest BCUT2D eigenvalue weighted by atomic mass is 10.2. The van der Waals surface area contributed by atoms with Gasteiger partial charge in [0.15, 0.2) is 8.07 Å². The van der Waals surface area contributed by atoms with Crippen LogP contribution in [0.2, 0.25) is 19.6 Å². The van der Waals surface area contributed by atoms with Crippen LogP contribution >= 0.6 is 86.3 Å². The molecule has 39 heteroatoms. The highest BCUT2D eigenvalue weighted by atomic mass is 127. The summed E-state index contributed by atoms with van der Waals surface area (Å²) in [7, 11) is -2.86. The Morgan fingerprint density at radius 2 is 0.529 bits per heavy atom. The topological polar surface area (TPSA) is 233 Å². The van der Waals surface area contributed by atoms with Crippen LogP contribution < -0.4 is 30.2 Å². The van der Waals surface area contributed by atoms with Crippen LogP contribution in [0.4, 0.5) is 81.4 Å². The summed E-state index contributed by atoms with van der Waals surface area (Å²) >= 11 is 15.5. The van der Waals surface area contributed by atoms with Gasteiger partial charge in [-0.1, -0.05) is 158 Å². The lowest BCUT2D eigenvalue weighted by Crippen LogP contribution is -2.50. The molecule has 2 N–H and O–H groups in total. The molecule has 6 aromatic rings. The summed E-state index contributed by atoms with van der Waals surface area (Å²) < 4.78 is 137. The average Bonchev–Trinajstić information content (AvgIpc) is 0.766. The SMILES string of the molecule is Brc1cncc(Br)c1.CC.CC.CC.CC.CC.CC.CC.CC.CC.CC.CC(C)(C)OC(=O)N1CCN(c2cncc(Br)c2)CC1.CC(C)(C)OC(=O)N1CCN(c2cncc(C(F)(F)F)c2)CC1.CC(C)(C)OC(=O)N1CCN(c2cncc(I)c2)CC1.CC(C)(C)OC(=O)N1CCNCC1.C[Si](C)(C)C(F)(F)F.Cc1cncc(Br)c1.FC(F)(F)c1cncc(N2CCNCC2)c1.[H+]. The number of aryl methyl sites for hydroxylation is 1. The molecule has 11 rings (SSSR count). The summed E-state index contributed by atoms with van der Waals surface area (Å²) in [4.78, 5) is 85.9. The number of nitrogens with one attached hydrogen (secondary N) is 2. The van der Waals surface area contributed by atoms with Crippen molar-refractivity contribution in [2.24, 2.45) is 0 Å². The molecular weight excluding hydrogens is 2160 g/mol. The highest BCUT2D eigenvalue weighted by Crippen LogP contribution is 2.34. The number of hydrogen-bond donors (Lipinski definition) is 2. The summed E-state index contributed by atoms with van der Waals surface area (Å²) in [6, 6.07) is 10.3. The third kappa shape index (κ3) is 68.4. The molecule has 0 unspecified atom stereocenters. The maximum absolute atomic E-state index is 12.7. The number of halogens is 14. The van der Waals surface area contributed by atoms with Crippen LogP contribution in [-0.2, 0) is 31.3 Å². The van der Waals surface area contributed by atoms with E-state index >= 15 is 0 Å². The van der Waals surface area contributed by atoms with Crippen LogP contribution in [0.1, 0.15) is 240 Å². The molecular formula is C97H169Br4F9IN16O8Si+. The molecule has 6 aromatic heterocycles. The monoisotopic (exact) mass is 2330 g/mol. The summed E-state index contributed by atoms with van der Waals surface area (Å²) in [5.74, 6) is -3.92. The number of anilines is 4. The van der Waals surface area contributed by atoms with Crippen LogP contribution in [0.3, 0.4) is 0 Å². The van der Waals surface area contributed by atoms with Crippen molar-refractivity contribution in [3.63, 3.8) is 0 Å². The van der Waals surface area contributed by atoms with Crippen LogP contribution in [-0.4, -0.2) is 241 Å². The molecule has 4 amide bonds. The molecule has 0 aromatic carbocycles. The standard InChI is InChI=1S/C15H20F3N3O2.C14H20BrN3O2.C14H20IN3O2.C10H12F3N3.C9H18N2O2.C6H6BrN.C5H3Br2N.C4H9F3Si.10C2H6/c1-14(2,3)23-13(22)21-6-4-20(5-7-21)12-8-11(9-19-10-12)15(16,17)18;2*1-14(2,3)20-13(19)18-6-4-17(5-7-18)12-8-11(15)9-16-10-12;11-10(12,13)8-5-9(7-15-6-8)16-3-1-14-2-4-16;1-9(2,3)13-8(12)11-6-4-10-5-7-11;1-5-2-6(7)4-8-3-5;6-4-1-5(7)3-8-2-4;1-8(2,3)4(5,6)7;10*1-2/h8-10H,4-7H2,1-3H3;2*8-10H,4-7H2,1-3H3;5-7,14H,1-4H2;10H,4-7H2,1-3H3;2-4H,1H3;1-3H;1-3H3;10*1-2H3/p+1. The highest BCUT2D eigenvalue weighted by molar-refractivity contribution is 14.1. The predicted octanol–water partition coefficient (Wildman–Crippen LogP) is 28.7. The zero-order chi connectivity index (χ0) is 107. The van der Waals surface area contributed by atoms with Crippen molar-refractivity contribution in [2.45, 2.75) is 289 Å². The van der Waals surface area contributed by atoms with E-state index in [0.29, 0.717) is 76.8 Å². The minimum Gasteiger partial charge on any atom is -0.444 e. The Morgan fingerprint density at radius 1 is 0.316 bits per heavy atom. The molecule has 786 valence electrons. The van der Waals surface area contributed by atoms with E-state index in [1.54, 1.807) is 70.1 Å². The molecule has 0 radical (unpaired) electrons. The molecule has 5 fully saturated rings. The number of hydrogen-bond acceptors (Lipinski definition) is 20. The number of amides is 4. The Labute approximate surface area is 862 Å². The molecule has 5 saturated heterocycles. The Balaban J connectivity index is -0.000000229. The minimum atomic E-state index is -4.42. The second-order valence-electron chi connectivity index (χ2n) is 31.6. The van der Waals surface area contributed by atoms with Crippen molar-refractivity contribution in [3.05, 3.63) is 149 Å². The minimum absolute atomic E-state index is 0. The fourth-order valence-electron chi connectivity index (χ4n) is 10.1. The van der Waals surface area contributed by atoms with Gasteiger partial charge in [-0.05, 0) is 218 Å². The summed E-state index contributed by atoms with van der Waals surface area (Å²) in [5, 5.41) is 6.33. The number of rotatable bonds is 4. The van der Waals surface area contributed by atoms with E-state index in [9.17, 15) is 58.7 Å². The highest BCUT2D eigenvalue weighted by Gasteiger charge is 2.45. The Kier molecular flexibility index (Phi) is 81.6. The number of aromatic nitrogens is 6. The third-order valence-corrected chi connectivity index (χ3v) is 20.0. The second-order valence-corrected chi connectivity index (χ2v) is 41.6. The maximum Gasteiger partial charge on any atom is 1.00 e. The lowest BCUT2D eigenvalue weighted by molar-refractivity contribution is -0.138. The van der Waals surface area contributed by atoms with Crippen molar-refractivity contribution < 1.29 is 79.1 Å². The van der Waals surface area contributed by atoms with Gasteiger partial charge < -0.3 is 68.8 Å². The van der Waals surface area contributed by atoms with Crippen molar-refractivity contribution in [3.8, 4) is 0 Å². The number of nitrogens with zero attached hydrogens (tertiary/aromatic N) is 14. The number of pyridine rings is 6. The van der Waals surface area contributed by atoms with E-state index < -0.39 is 60.2 Å². The molecule has 0 bridgehead atoms. The van der Waals surface area contributed by atoms with E-state index in [2.05, 4.69) is 143 Å². The molecule has 11 heterocycles. The van der Waals surface area contributed by atoms with Crippen LogP contribution in [0.5, 0.6) is 0 Å². The first-order chi connectivity index (χ1) is 63.6. The third-order valence-electron chi connectivity index (χ3n) is 16.0. The molecule has 0 atom stereocenters. The first-order valence-electron chi connectivity index (χ1n) is 47.1. The number of alkyl halides is 9. The van der Waals surface area contributed by atoms with Gasteiger partial charge in [-0.2, -0.15) is 39.5 Å². The molecule has 24 nitrogen and oxygen atoms in total. The number of piperazine rings is 5. The van der Waals surface area contributed by atoms with Crippen LogP contribution in [0, 0.1) is 10.5 Å². The normalized spacial score (nSPS) is 13.8. The first kappa shape index (κ1) is 142. The fraction of sp³-hybridized carbons (Fsp3) is 0.649. The van der Waals surface area contributed by atoms with Gasteiger partial charge in [-0.3, -0.25) is 29.9 Å². The molecule has 5 aliphatic heterocycles.